The fourth-order valence-electron chi connectivity index (χ4n) is 3.57. The van der Waals surface area contributed by atoms with Crippen LogP contribution < -0.4 is 9.80 Å². The van der Waals surface area contributed by atoms with Gasteiger partial charge in [0.25, 0.3) is 0 Å². The minimum absolute atomic E-state index is 0.285. The Kier molecular flexibility index (Phi) is 2.97. The molecule has 0 saturated carbocycles. The molecule has 1 aliphatic heterocycles. The Morgan fingerprint density at radius 1 is 0.800 bits per heavy atom. The van der Waals surface area contributed by atoms with Crippen molar-refractivity contribution in [3.8, 4) is 0 Å². The van der Waals surface area contributed by atoms with Crippen LogP contribution in [-0.2, 0) is 0 Å². The number of hydrogen-bond acceptors (Lipinski definition) is 2. The van der Waals surface area contributed by atoms with Crippen molar-refractivity contribution in [1.29, 1.82) is 0 Å². The number of benzene rings is 2. The summed E-state index contributed by atoms with van der Waals surface area (Å²) in [6.45, 7) is 6.61. The third kappa shape index (κ3) is 1.79. The maximum atomic E-state index is 2.38. The first-order chi connectivity index (χ1) is 9.50. The zero-order chi connectivity index (χ0) is 14.4. The monoisotopic (exact) mass is 266 g/mol. The van der Waals surface area contributed by atoms with E-state index in [4.69, 9.17) is 0 Å². The van der Waals surface area contributed by atoms with E-state index in [1.165, 1.54) is 33.6 Å². The minimum Gasteiger partial charge on any atom is -0.349 e. The Morgan fingerprint density at radius 3 is 1.70 bits per heavy atom. The largest absolute Gasteiger partial charge is 0.349 e. The zero-order valence-electron chi connectivity index (χ0n) is 12.9. The van der Waals surface area contributed by atoms with Crippen LogP contribution in [0.1, 0.15) is 28.4 Å². The number of fused-ring (bicyclic) bond motifs is 1. The summed E-state index contributed by atoms with van der Waals surface area (Å²) in [4.78, 5) is 4.75. The van der Waals surface area contributed by atoms with Gasteiger partial charge in [-0.15, -0.1) is 0 Å². The molecule has 0 unspecified atom stereocenters. The van der Waals surface area contributed by atoms with Crippen LogP contribution in [0, 0.1) is 20.8 Å². The zero-order valence-corrected chi connectivity index (χ0v) is 12.9. The first-order valence-electron chi connectivity index (χ1n) is 7.13. The molecule has 2 aromatic rings. The highest BCUT2D eigenvalue weighted by Crippen LogP contribution is 2.45. The first-order valence-corrected chi connectivity index (χ1v) is 7.13. The predicted octanol–water partition coefficient (Wildman–Crippen LogP) is 4.20. The van der Waals surface area contributed by atoms with Gasteiger partial charge in [-0.05, 0) is 44.0 Å². The molecule has 1 heterocycles. The van der Waals surface area contributed by atoms with Gasteiger partial charge in [0.2, 0.25) is 0 Å². The lowest BCUT2D eigenvalue weighted by molar-refractivity contribution is 0.685. The molecule has 1 aliphatic rings. The van der Waals surface area contributed by atoms with Crippen molar-refractivity contribution in [3.63, 3.8) is 0 Å². The SMILES string of the molecule is Cc1cc(C)c(C2N(C)c3ccccc3N2C)c(C)c1. The number of aryl methyl sites for hydroxylation is 3. The third-order valence-electron chi connectivity index (χ3n) is 4.37. The van der Waals surface area contributed by atoms with Gasteiger partial charge in [0, 0.05) is 19.7 Å². The normalized spacial score (nSPS) is 14.8. The van der Waals surface area contributed by atoms with Crippen molar-refractivity contribution in [3.05, 3.63) is 58.7 Å². The van der Waals surface area contributed by atoms with Crippen LogP contribution in [0.5, 0.6) is 0 Å². The van der Waals surface area contributed by atoms with Gasteiger partial charge in [-0.3, -0.25) is 0 Å². The summed E-state index contributed by atoms with van der Waals surface area (Å²) in [6.07, 6.45) is 0.285. The van der Waals surface area contributed by atoms with E-state index in [2.05, 4.69) is 81.1 Å². The van der Waals surface area contributed by atoms with Gasteiger partial charge >= 0.3 is 0 Å². The van der Waals surface area contributed by atoms with E-state index in [0.717, 1.165) is 0 Å². The maximum Gasteiger partial charge on any atom is 0.128 e. The molecule has 20 heavy (non-hydrogen) atoms. The smallest absolute Gasteiger partial charge is 0.128 e. The highest BCUT2D eigenvalue weighted by atomic mass is 15.4. The molecule has 0 aliphatic carbocycles. The summed E-state index contributed by atoms with van der Waals surface area (Å²) in [6, 6.07) is 13.2. The standard InChI is InChI=1S/C18H22N2/c1-12-10-13(2)17(14(3)11-12)18-19(4)15-8-6-7-9-16(15)20(18)5/h6-11,18H,1-5H3. The van der Waals surface area contributed by atoms with E-state index < -0.39 is 0 Å². The second kappa shape index (κ2) is 4.55. The van der Waals surface area contributed by atoms with Crippen LogP contribution >= 0.6 is 0 Å². The van der Waals surface area contributed by atoms with Gasteiger partial charge in [-0.25, -0.2) is 0 Å². The molecule has 0 fully saturated rings. The molecule has 0 bridgehead atoms. The van der Waals surface area contributed by atoms with Crippen LogP contribution in [0.4, 0.5) is 11.4 Å². The van der Waals surface area contributed by atoms with E-state index in [1.54, 1.807) is 0 Å². The molecule has 0 aromatic heterocycles. The molecule has 3 rings (SSSR count). The van der Waals surface area contributed by atoms with Crippen LogP contribution in [0.15, 0.2) is 36.4 Å². The average Bonchev–Trinajstić information content (AvgIpc) is 2.64. The summed E-state index contributed by atoms with van der Waals surface area (Å²) in [5.74, 6) is 0. The lowest BCUT2D eigenvalue weighted by atomic mass is 9.97. The highest BCUT2D eigenvalue weighted by Gasteiger charge is 2.33. The molecule has 0 atom stereocenters. The Bertz CT molecular complexity index is 608. The number of hydrogen-bond donors (Lipinski definition) is 0. The number of nitrogens with zero attached hydrogens (tertiary/aromatic N) is 2. The molecule has 2 heteroatoms. The van der Waals surface area contributed by atoms with Crippen molar-refractivity contribution in [2.45, 2.75) is 26.9 Å². The Balaban J connectivity index is 2.14. The van der Waals surface area contributed by atoms with E-state index in [9.17, 15) is 0 Å². The fourth-order valence-corrected chi connectivity index (χ4v) is 3.57. The topological polar surface area (TPSA) is 6.48 Å². The summed E-state index contributed by atoms with van der Waals surface area (Å²) >= 11 is 0. The Labute approximate surface area is 121 Å². The summed E-state index contributed by atoms with van der Waals surface area (Å²) < 4.78 is 0. The molecular formula is C18H22N2. The molecular weight excluding hydrogens is 244 g/mol. The molecule has 0 spiro atoms. The number of para-hydroxylation sites is 2. The molecule has 2 nitrogen and oxygen atoms in total. The molecule has 0 N–H and O–H groups in total. The second-order valence-corrected chi connectivity index (χ2v) is 5.90. The lowest BCUT2D eigenvalue weighted by Crippen LogP contribution is -2.31. The minimum atomic E-state index is 0.285. The summed E-state index contributed by atoms with van der Waals surface area (Å²) in [7, 11) is 4.37. The van der Waals surface area contributed by atoms with Crippen LogP contribution in [0.2, 0.25) is 0 Å². The van der Waals surface area contributed by atoms with Crippen molar-refractivity contribution in [1.82, 2.24) is 0 Å². The van der Waals surface area contributed by atoms with Crippen molar-refractivity contribution in [2.75, 3.05) is 23.9 Å². The van der Waals surface area contributed by atoms with Gasteiger partial charge < -0.3 is 9.80 Å². The fraction of sp³-hybridized carbons (Fsp3) is 0.333. The van der Waals surface area contributed by atoms with Gasteiger partial charge in [-0.1, -0.05) is 29.8 Å². The quantitative estimate of drug-likeness (QED) is 0.763. The van der Waals surface area contributed by atoms with Gasteiger partial charge in [0.1, 0.15) is 6.17 Å². The molecule has 0 radical (unpaired) electrons. The van der Waals surface area contributed by atoms with E-state index in [-0.39, 0.29) is 6.17 Å². The molecule has 2 aromatic carbocycles. The van der Waals surface area contributed by atoms with E-state index in [0.29, 0.717) is 0 Å². The summed E-state index contributed by atoms with van der Waals surface area (Å²) in [5.41, 5.74) is 8.12. The van der Waals surface area contributed by atoms with Crippen molar-refractivity contribution >= 4 is 11.4 Å². The van der Waals surface area contributed by atoms with Crippen LogP contribution in [-0.4, -0.2) is 14.1 Å². The lowest BCUT2D eigenvalue weighted by Gasteiger charge is -2.31. The van der Waals surface area contributed by atoms with Gasteiger partial charge in [-0.2, -0.15) is 0 Å². The highest BCUT2D eigenvalue weighted by molar-refractivity contribution is 5.78. The molecule has 0 amide bonds. The van der Waals surface area contributed by atoms with Gasteiger partial charge in [0.15, 0.2) is 0 Å². The van der Waals surface area contributed by atoms with Crippen molar-refractivity contribution < 1.29 is 0 Å². The van der Waals surface area contributed by atoms with Crippen LogP contribution in [0.3, 0.4) is 0 Å². The predicted molar refractivity (Wildman–Crippen MR) is 86.6 cm³/mol. The first kappa shape index (κ1) is 13.0. The average molecular weight is 266 g/mol. The van der Waals surface area contributed by atoms with Crippen LogP contribution in [0.25, 0.3) is 0 Å². The second-order valence-electron chi connectivity index (χ2n) is 5.90. The third-order valence-corrected chi connectivity index (χ3v) is 4.37. The Hall–Kier alpha value is -1.96. The Morgan fingerprint density at radius 2 is 1.25 bits per heavy atom. The van der Waals surface area contributed by atoms with E-state index in [1.807, 2.05) is 0 Å². The number of anilines is 2. The van der Waals surface area contributed by atoms with Crippen molar-refractivity contribution in [2.24, 2.45) is 0 Å². The maximum absolute atomic E-state index is 2.38. The molecule has 0 saturated heterocycles. The molecule has 104 valence electrons. The number of rotatable bonds is 1. The summed E-state index contributed by atoms with van der Waals surface area (Å²) in [5, 5.41) is 0. The van der Waals surface area contributed by atoms with Gasteiger partial charge in [0.05, 0.1) is 11.4 Å². The van der Waals surface area contributed by atoms with E-state index >= 15 is 0 Å².